The van der Waals surface area contributed by atoms with Crippen molar-refractivity contribution < 1.29 is 9.13 Å². The van der Waals surface area contributed by atoms with Gasteiger partial charge in [-0.05, 0) is 31.4 Å². The molecule has 1 aromatic rings. The van der Waals surface area contributed by atoms with Crippen LogP contribution in [0, 0.1) is 12.7 Å². The Kier molecular flexibility index (Phi) is 5.30. The lowest BCUT2D eigenvalue weighted by molar-refractivity contribution is 0.177. The molecule has 0 aliphatic heterocycles. The van der Waals surface area contributed by atoms with E-state index in [2.05, 4.69) is 13.8 Å². The summed E-state index contributed by atoms with van der Waals surface area (Å²) >= 11 is 0. The molecule has 0 saturated carbocycles. The first kappa shape index (κ1) is 13.0. The van der Waals surface area contributed by atoms with Crippen molar-refractivity contribution in [2.24, 2.45) is 0 Å². The summed E-state index contributed by atoms with van der Waals surface area (Å²) in [6.07, 6.45) is 4.47. The van der Waals surface area contributed by atoms with Crippen molar-refractivity contribution in [1.29, 1.82) is 0 Å². The van der Waals surface area contributed by atoms with Gasteiger partial charge in [-0.1, -0.05) is 32.8 Å². The number of hydrogen-bond donors (Lipinski definition) is 0. The smallest absolute Gasteiger partial charge is 0.126 e. The van der Waals surface area contributed by atoms with Crippen LogP contribution in [0.3, 0.4) is 0 Å². The SMILES string of the molecule is CCCC(CCC)Oc1cc(F)ccc1C. The van der Waals surface area contributed by atoms with Gasteiger partial charge in [-0.25, -0.2) is 4.39 Å². The van der Waals surface area contributed by atoms with Gasteiger partial charge in [0, 0.05) is 6.07 Å². The van der Waals surface area contributed by atoms with Gasteiger partial charge in [-0.3, -0.25) is 0 Å². The van der Waals surface area contributed by atoms with Crippen LogP contribution in [0.4, 0.5) is 4.39 Å². The van der Waals surface area contributed by atoms with Gasteiger partial charge in [-0.15, -0.1) is 0 Å². The van der Waals surface area contributed by atoms with E-state index in [0.29, 0.717) is 5.75 Å². The second-order valence-electron chi connectivity index (χ2n) is 4.23. The molecule has 0 bridgehead atoms. The minimum Gasteiger partial charge on any atom is -0.490 e. The molecule has 0 spiro atoms. The number of aryl methyl sites for hydroxylation is 1. The topological polar surface area (TPSA) is 9.23 Å². The highest BCUT2D eigenvalue weighted by Gasteiger charge is 2.10. The lowest BCUT2D eigenvalue weighted by Gasteiger charge is -2.19. The fourth-order valence-corrected chi connectivity index (χ4v) is 1.79. The average molecular weight is 224 g/mol. The normalized spacial score (nSPS) is 10.8. The van der Waals surface area contributed by atoms with Gasteiger partial charge < -0.3 is 4.74 Å². The molecule has 16 heavy (non-hydrogen) atoms. The molecule has 1 rings (SSSR count). The number of hydrogen-bond acceptors (Lipinski definition) is 1. The Balaban J connectivity index is 2.71. The van der Waals surface area contributed by atoms with Crippen molar-refractivity contribution in [1.82, 2.24) is 0 Å². The third-order valence-corrected chi connectivity index (χ3v) is 2.67. The molecule has 0 saturated heterocycles. The molecule has 0 aliphatic rings. The van der Waals surface area contributed by atoms with Gasteiger partial charge in [0.2, 0.25) is 0 Å². The largest absolute Gasteiger partial charge is 0.490 e. The standard InChI is InChI=1S/C14H21FO/c1-4-6-13(7-5-2)16-14-10-12(15)9-8-11(14)3/h8-10,13H,4-7H2,1-3H3. The molecule has 0 amide bonds. The minimum atomic E-state index is -0.229. The summed E-state index contributed by atoms with van der Waals surface area (Å²) in [6, 6.07) is 4.71. The quantitative estimate of drug-likeness (QED) is 0.692. The minimum absolute atomic E-state index is 0.218. The summed E-state index contributed by atoms with van der Waals surface area (Å²) in [4.78, 5) is 0. The zero-order valence-corrected chi connectivity index (χ0v) is 10.4. The summed E-state index contributed by atoms with van der Waals surface area (Å²) in [7, 11) is 0. The lowest BCUT2D eigenvalue weighted by Crippen LogP contribution is -2.16. The molecule has 0 heterocycles. The summed E-state index contributed by atoms with van der Waals surface area (Å²) in [5.74, 6) is 0.458. The summed E-state index contributed by atoms with van der Waals surface area (Å²) in [5, 5.41) is 0. The Morgan fingerprint density at radius 1 is 1.19 bits per heavy atom. The highest BCUT2D eigenvalue weighted by atomic mass is 19.1. The molecule has 0 unspecified atom stereocenters. The average Bonchev–Trinajstić information content (AvgIpc) is 2.24. The summed E-state index contributed by atoms with van der Waals surface area (Å²) in [5.41, 5.74) is 0.999. The molecule has 0 aliphatic carbocycles. The molecular weight excluding hydrogens is 203 g/mol. The van der Waals surface area contributed by atoms with Crippen LogP contribution in [0.25, 0.3) is 0 Å². The number of benzene rings is 1. The van der Waals surface area contributed by atoms with E-state index in [4.69, 9.17) is 4.74 Å². The van der Waals surface area contributed by atoms with E-state index in [9.17, 15) is 4.39 Å². The maximum atomic E-state index is 13.1. The van der Waals surface area contributed by atoms with Crippen LogP contribution in [0.15, 0.2) is 18.2 Å². The van der Waals surface area contributed by atoms with E-state index in [1.807, 2.05) is 6.92 Å². The molecular formula is C14H21FO. The maximum absolute atomic E-state index is 13.1. The van der Waals surface area contributed by atoms with Crippen molar-refractivity contribution in [3.05, 3.63) is 29.6 Å². The Labute approximate surface area is 97.6 Å². The van der Waals surface area contributed by atoms with Crippen molar-refractivity contribution in [3.63, 3.8) is 0 Å². The summed E-state index contributed by atoms with van der Waals surface area (Å²) < 4.78 is 19.0. The van der Waals surface area contributed by atoms with Gasteiger partial charge >= 0.3 is 0 Å². The van der Waals surface area contributed by atoms with Crippen LogP contribution in [-0.2, 0) is 0 Å². The highest BCUT2D eigenvalue weighted by Crippen LogP contribution is 2.22. The second kappa shape index (κ2) is 6.51. The molecule has 1 aromatic carbocycles. The molecule has 2 heteroatoms. The number of ether oxygens (including phenoxy) is 1. The second-order valence-corrected chi connectivity index (χ2v) is 4.23. The maximum Gasteiger partial charge on any atom is 0.126 e. The summed E-state index contributed by atoms with van der Waals surface area (Å²) in [6.45, 7) is 6.23. The van der Waals surface area contributed by atoms with Gasteiger partial charge in [0.1, 0.15) is 11.6 Å². The van der Waals surface area contributed by atoms with E-state index in [1.165, 1.54) is 12.1 Å². The Morgan fingerprint density at radius 3 is 2.38 bits per heavy atom. The van der Waals surface area contributed by atoms with Crippen LogP contribution >= 0.6 is 0 Å². The third kappa shape index (κ3) is 3.84. The zero-order chi connectivity index (χ0) is 12.0. The van der Waals surface area contributed by atoms with E-state index in [1.54, 1.807) is 6.07 Å². The molecule has 0 aromatic heterocycles. The molecule has 90 valence electrons. The van der Waals surface area contributed by atoms with Gasteiger partial charge in [0.05, 0.1) is 6.10 Å². The molecule has 0 atom stereocenters. The van der Waals surface area contributed by atoms with Crippen LogP contribution in [0.2, 0.25) is 0 Å². The highest BCUT2D eigenvalue weighted by molar-refractivity contribution is 5.32. The monoisotopic (exact) mass is 224 g/mol. The molecule has 1 nitrogen and oxygen atoms in total. The lowest BCUT2D eigenvalue weighted by atomic mass is 10.1. The predicted molar refractivity (Wildman–Crippen MR) is 65.4 cm³/mol. The zero-order valence-electron chi connectivity index (χ0n) is 10.4. The van der Waals surface area contributed by atoms with E-state index >= 15 is 0 Å². The first-order chi connectivity index (χ1) is 7.67. The Hall–Kier alpha value is -1.05. The van der Waals surface area contributed by atoms with Crippen molar-refractivity contribution in [2.75, 3.05) is 0 Å². The number of halogens is 1. The van der Waals surface area contributed by atoms with Crippen LogP contribution in [0.1, 0.15) is 45.1 Å². The van der Waals surface area contributed by atoms with Gasteiger partial charge in [-0.2, -0.15) is 0 Å². The third-order valence-electron chi connectivity index (χ3n) is 2.67. The Bertz CT molecular complexity index is 317. The van der Waals surface area contributed by atoms with Crippen molar-refractivity contribution >= 4 is 0 Å². The van der Waals surface area contributed by atoms with Crippen molar-refractivity contribution in [3.8, 4) is 5.75 Å². The first-order valence-corrected chi connectivity index (χ1v) is 6.10. The fourth-order valence-electron chi connectivity index (χ4n) is 1.79. The van der Waals surface area contributed by atoms with Crippen LogP contribution in [0.5, 0.6) is 5.75 Å². The van der Waals surface area contributed by atoms with Crippen LogP contribution < -0.4 is 4.74 Å². The van der Waals surface area contributed by atoms with Gasteiger partial charge in [0.25, 0.3) is 0 Å². The Morgan fingerprint density at radius 2 is 1.81 bits per heavy atom. The fraction of sp³-hybridized carbons (Fsp3) is 0.571. The molecule has 0 fully saturated rings. The molecule has 0 N–H and O–H groups in total. The van der Waals surface area contributed by atoms with E-state index < -0.39 is 0 Å². The van der Waals surface area contributed by atoms with Crippen LogP contribution in [-0.4, -0.2) is 6.10 Å². The van der Waals surface area contributed by atoms with E-state index in [-0.39, 0.29) is 11.9 Å². The number of rotatable bonds is 6. The van der Waals surface area contributed by atoms with Crippen molar-refractivity contribution in [2.45, 2.75) is 52.6 Å². The predicted octanol–water partition coefficient (Wildman–Crippen LogP) is 4.48. The first-order valence-electron chi connectivity index (χ1n) is 6.10. The molecule has 0 radical (unpaired) electrons. The van der Waals surface area contributed by atoms with E-state index in [0.717, 1.165) is 31.2 Å². The van der Waals surface area contributed by atoms with Gasteiger partial charge in [0.15, 0.2) is 0 Å².